The minimum absolute atomic E-state index is 0.0592. The molecule has 0 spiro atoms. The molecule has 1 aliphatic heterocycles. The number of thioether (sulfide) groups is 1. The lowest BCUT2D eigenvalue weighted by atomic mass is 9.76. The molecular weight excluding hydrogens is 338 g/mol. The van der Waals surface area contributed by atoms with Crippen LogP contribution in [0.4, 0.5) is 5.82 Å². The maximum absolute atomic E-state index is 12.6. The highest BCUT2D eigenvalue weighted by Crippen LogP contribution is 2.42. The number of hydrogen-bond acceptors (Lipinski definition) is 5. The average molecular weight is 355 g/mol. The molecule has 0 saturated heterocycles. The smallest absolute Gasteiger partial charge is 0.327 e. The van der Waals surface area contributed by atoms with Crippen LogP contribution in [0.2, 0.25) is 0 Å². The molecule has 128 valence electrons. The van der Waals surface area contributed by atoms with Gasteiger partial charge in [0.2, 0.25) is 0 Å². The fraction of sp³-hybridized carbons (Fsp3) is 0.278. The Morgan fingerprint density at radius 1 is 1.04 bits per heavy atom. The van der Waals surface area contributed by atoms with Gasteiger partial charge in [0.15, 0.2) is 5.78 Å². The monoisotopic (exact) mass is 355 g/mol. The third-order valence-electron chi connectivity index (χ3n) is 4.74. The molecule has 2 aromatic rings. The number of aromatic nitrogens is 2. The number of rotatable bonds is 2. The van der Waals surface area contributed by atoms with E-state index in [1.807, 2.05) is 30.5 Å². The van der Waals surface area contributed by atoms with E-state index in [4.69, 9.17) is 0 Å². The van der Waals surface area contributed by atoms with E-state index in [9.17, 15) is 14.4 Å². The number of carbonyl (C=O) groups excluding carboxylic acids is 1. The molecule has 25 heavy (non-hydrogen) atoms. The molecule has 7 heteroatoms. The molecule has 0 bridgehead atoms. The van der Waals surface area contributed by atoms with E-state index >= 15 is 0 Å². The van der Waals surface area contributed by atoms with Crippen molar-refractivity contribution >= 4 is 23.4 Å². The SMILES string of the molecule is CSc1ccc([C@H]2C3=C(CCCC3=O)Nc3[nH]c(=O)[nH]c(=O)c32)cc1. The first kappa shape index (κ1) is 16.0. The zero-order valence-corrected chi connectivity index (χ0v) is 14.5. The molecule has 1 aliphatic carbocycles. The Balaban J connectivity index is 1.97. The maximum atomic E-state index is 12.6. The van der Waals surface area contributed by atoms with E-state index in [2.05, 4.69) is 15.3 Å². The standard InChI is InChI=1S/C18H17N3O3S/c1-25-10-7-5-9(6-8-10)13-14-11(3-2-4-12(14)22)19-16-15(13)17(23)21-18(24)20-16/h5-8,13H,2-4H2,1H3,(H3,19,20,21,23,24)/t13-/m0/s1. The Bertz CT molecular complexity index is 1000. The van der Waals surface area contributed by atoms with Gasteiger partial charge in [-0.3, -0.25) is 19.6 Å². The van der Waals surface area contributed by atoms with Crippen molar-refractivity contribution in [1.82, 2.24) is 9.97 Å². The number of H-pyrrole nitrogens is 2. The van der Waals surface area contributed by atoms with Crippen LogP contribution in [0, 0.1) is 0 Å². The van der Waals surface area contributed by atoms with Gasteiger partial charge >= 0.3 is 5.69 Å². The number of aromatic amines is 2. The number of nitrogens with one attached hydrogen (secondary N) is 3. The lowest BCUT2D eigenvalue weighted by Crippen LogP contribution is -2.36. The molecule has 6 nitrogen and oxygen atoms in total. The van der Waals surface area contributed by atoms with Gasteiger partial charge in [0, 0.05) is 28.5 Å². The Morgan fingerprint density at radius 3 is 2.52 bits per heavy atom. The number of benzene rings is 1. The van der Waals surface area contributed by atoms with Gasteiger partial charge in [-0.25, -0.2) is 4.79 Å². The molecule has 1 aromatic heterocycles. The van der Waals surface area contributed by atoms with Crippen LogP contribution in [0.5, 0.6) is 0 Å². The number of hydrogen-bond donors (Lipinski definition) is 3. The first-order valence-corrected chi connectivity index (χ1v) is 9.34. The lowest BCUT2D eigenvalue weighted by Gasteiger charge is -2.32. The second kappa shape index (κ2) is 6.07. The molecule has 0 radical (unpaired) electrons. The van der Waals surface area contributed by atoms with E-state index < -0.39 is 17.2 Å². The summed E-state index contributed by atoms with van der Waals surface area (Å²) in [5.41, 5.74) is 1.71. The largest absolute Gasteiger partial charge is 0.344 e. The fourth-order valence-electron chi connectivity index (χ4n) is 3.62. The van der Waals surface area contributed by atoms with Crippen molar-refractivity contribution in [3.05, 3.63) is 67.5 Å². The number of anilines is 1. The first-order chi connectivity index (χ1) is 12.1. The number of Topliss-reactive ketones (excluding diaryl/α,β-unsaturated/α-hetero) is 1. The summed E-state index contributed by atoms with van der Waals surface area (Å²) in [6.07, 6.45) is 3.98. The third kappa shape index (κ3) is 2.64. The van der Waals surface area contributed by atoms with E-state index in [-0.39, 0.29) is 5.78 Å². The van der Waals surface area contributed by atoms with Crippen molar-refractivity contribution in [3.8, 4) is 0 Å². The summed E-state index contributed by atoms with van der Waals surface area (Å²) in [5.74, 6) is -0.0133. The van der Waals surface area contributed by atoms with Gasteiger partial charge in [-0.1, -0.05) is 12.1 Å². The van der Waals surface area contributed by atoms with Crippen LogP contribution in [0.1, 0.15) is 36.3 Å². The quantitative estimate of drug-likeness (QED) is 0.719. The Kier molecular flexibility index (Phi) is 3.88. The molecule has 3 N–H and O–H groups in total. The van der Waals surface area contributed by atoms with Crippen LogP contribution in [0.15, 0.2) is 50.0 Å². The zero-order valence-electron chi connectivity index (χ0n) is 13.6. The normalized spacial score (nSPS) is 19.2. The van der Waals surface area contributed by atoms with Crippen LogP contribution in [-0.4, -0.2) is 22.0 Å². The molecule has 0 amide bonds. The van der Waals surface area contributed by atoms with Crippen molar-refractivity contribution in [2.45, 2.75) is 30.1 Å². The fourth-order valence-corrected chi connectivity index (χ4v) is 4.03. The Hall–Kier alpha value is -2.54. The highest BCUT2D eigenvalue weighted by molar-refractivity contribution is 7.98. The Morgan fingerprint density at radius 2 is 1.80 bits per heavy atom. The molecule has 0 fully saturated rings. The molecule has 0 saturated carbocycles. The molecule has 0 unspecified atom stereocenters. The summed E-state index contributed by atoms with van der Waals surface area (Å²) in [6, 6.07) is 7.86. The van der Waals surface area contributed by atoms with Crippen LogP contribution in [0.3, 0.4) is 0 Å². The number of ketones is 1. The second-order valence-electron chi connectivity index (χ2n) is 6.20. The highest BCUT2D eigenvalue weighted by atomic mass is 32.2. The summed E-state index contributed by atoms with van der Waals surface area (Å²) in [4.78, 5) is 42.9. The minimum Gasteiger partial charge on any atom is -0.344 e. The number of fused-ring (bicyclic) bond motifs is 1. The van der Waals surface area contributed by atoms with Crippen LogP contribution >= 0.6 is 11.8 Å². The van der Waals surface area contributed by atoms with E-state index in [1.165, 1.54) is 0 Å². The van der Waals surface area contributed by atoms with E-state index in [0.29, 0.717) is 23.4 Å². The molecule has 1 atom stereocenters. The summed E-state index contributed by atoms with van der Waals surface area (Å²) in [6.45, 7) is 0. The van der Waals surface area contributed by atoms with Crippen molar-refractivity contribution in [3.63, 3.8) is 0 Å². The van der Waals surface area contributed by atoms with E-state index in [0.717, 1.165) is 29.0 Å². The van der Waals surface area contributed by atoms with Gasteiger partial charge < -0.3 is 5.32 Å². The van der Waals surface area contributed by atoms with Gasteiger partial charge in [0.25, 0.3) is 5.56 Å². The van der Waals surface area contributed by atoms with Gasteiger partial charge in [0.05, 0.1) is 5.56 Å². The first-order valence-electron chi connectivity index (χ1n) is 8.12. The second-order valence-corrected chi connectivity index (χ2v) is 7.08. The lowest BCUT2D eigenvalue weighted by molar-refractivity contribution is -0.116. The highest BCUT2D eigenvalue weighted by Gasteiger charge is 2.37. The van der Waals surface area contributed by atoms with Gasteiger partial charge in [-0.2, -0.15) is 0 Å². The molecule has 1 aromatic carbocycles. The number of carbonyl (C=O) groups is 1. The van der Waals surface area contributed by atoms with Crippen LogP contribution in [0.25, 0.3) is 0 Å². The summed E-state index contributed by atoms with van der Waals surface area (Å²) < 4.78 is 0. The molecule has 2 aliphatic rings. The van der Waals surface area contributed by atoms with Crippen LogP contribution < -0.4 is 16.6 Å². The van der Waals surface area contributed by atoms with E-state index in [1.54, 1.807) is 11.8 Å². The summed E-state index contributed by atoms with van der Waals surface area (Å²) in [7, 11) is 0. The summed E-state index contributed by atoms with van der Waals surface area (Å²) in [5, 5.41) is 3.11. The topological polar surface area (TPSA) is 94.8 Å². The maximum Gasteiger partial charge on any atom is 0.327 e. The molecule has 4 rings (SSSR count). The average Bonchev–Trinajstić information content (AvgIpc) is 2.60. The van der Waals surface area contributed by atoms with Crippen molar-refractivity contribution in [2.24, 2.45) is 0 Å². The third-order valence-corrected chi connectivity index (χ3v) is 5.48. The predicted octanol–water partition coefficient (Wildman–Crippen LogP) is 2.35. The van der Waals surface area contributed by atoms with Crippen molar-refractivity contribution < 1.29 is 4.79 Å². The number of allylic oxidation sites excluding steroid dienone is 2. The van der Waals surface area contributed by atoms with Crippen LogP contribution in [-0.2, 0) is 4.79 Å². The molecule has 2 heterocycles. The van der Waals surface area contributed by atoms with Crippen molar-refractivity contribution in [1.29, 1.82) is 0 Å². The molecular formula is C18H17N3O3S. The predicted molar refractivity (Wildman–Crippen MR) is 97.3 cm³/mol. The zero-order chi connectivity index (χ0) is 17.6. The van der Waals surface area contributed by atoms with Gasteiger partial charge in [-0.15, -0.1) is 11.8 Å². The Labute approximate surface area is 147 Å². The summed E-state index contributed by atoms with van der Waals surface area (Å²) >= 11 is 1.63. The minimum atomic E-state index is -0.557. The van der Waals surface area contributed by atoms with Gasteiger partial charge in [0.1, 0.15) is 5.82 Å². The van der Waals surface area contributed by atoms with Gasteiger partial charge in [-0.05, 0) is 36.8 Å². The van der Waals surface area contributed by atoms with Crippen molar-refractivity contribution in [2.75, 3.05) is 11.6 Å².